The summed E-state index contributed by atoms with van der Waals surface area (Å²) >= 11 is 0. The van der Waals surface area contributed by atoms with Crippen LogP contribution in [0.15, 0.2) is 24.5 Å². The lowest BCUT2D eigenvalue weighted by atomic mass is 9.89. The molecule has 2 atom stereocenters. The highest BCUT2D eigenvalue weighted by atomic mass is 16.3. The molecule has 0 aromatic carbocycles. The summed E-state index contributed by atoms with van der Waals surface area (Å²) in [7, 11) is 2.12. The Morgan fingerprint density at radius 2 is 2.20 bits per heavy atom. The zero-order chi connectivity index (χ0) is 10.7. The van der Waals surface area contributed by atoms with Crippen molar-refractivity contribution in [3.05, 3.63) is 30.1 Å². The molecule has 0 aliphatic carbocycles. The van der Waals surface area contributed by atoms with E-state index in [1.54, 1.807) is 0 Å². The van der Waals surface area contributed by atoms with Gasteiger partial charge in [0, 0.05) is 31.4 Å². The van der Waals surface area contributed by atoms with Crippen molar-refractivity contribution < 1.29 is 5.11 Å². The maximum Gasteiger partial charge on any atom is 0.0596 e. The standard InChI is InChI=1S/C12H18N2O/c1-14-7-4-12(15)11(9-14)8-10-2-5-13-6-3-10/h2-3,5-6,11-12,15H,4,7-9H2,1H3/t11-,12-/m0/s1. The van der Waals surface area contributed by atoms with Crippen LogP contribution in [0.25, 0.3) is 0 Å². The van der Waals surface area contributed by atoms with Crippen LogP contribution in [0, 0.1) is 5.92 Å². The van der Waals surface area contributed by atoms with Crippen LogP contribution in [0.5, 0.6) is 0 Å². The summed E-state index contributed by atoms with van der Waals surface area (Å²) in [6.07, 6.45) is 5.33. The molecule has 1 fully saturated rings. The molecule has 0 spiro atoms. The summed E-state index contributed by atoms with van der Waals surface area (Å²) < 4.78 is 0. The summed E-state index contributed by atoms with van der Waals surface area (Å²) in [5, 5.41) is 9.91. The monoisotopic (exact) mass is 206 g/mol. The SMILES string of the molecule is CN1CC[C@H](O)[C@@H](Cc2ccncc2)C1. The second kappa shape index (κ2) is 4.73. The van der Waals surface area contributed by atoms with Crippen LogP contribution < -0.4 is 0 Å². The number of likely N-dealkylation sites (tertiary alicyclic amines) is 1. The summed E-state index contributed by atoms with van der Waals surface area (Å²) in [4.78, 5) is 6.29. The van der Waals surface area contributed by atoms with E-state index >= 15 is 0 Å². The van der Waals surface area contributed by atoms with E-state index in [2.05, 4.69) is 16.9 Å². The van der Waals surface area contributed by atoms with Gasteiger partial charge in [-0.2, -0.15) is 0 Å². The van der Waals surface area contributed by atoms with Crippen molar-refractivity contribution in [2.24, 2.45) is 5.92 Å². The number of hydrogen-bond donors (Lipinski definition) is 1. The average Bonchev–Trinajstić information content (AvgIpc) is 2.25. The third-order valence-electron chi connectivity index (χ3n) is 3.14. The molecule has 2 heterocycles. The number of rotatable bonds is 2. The van der Waals surface area contributed by atoms with Gasteiger partial charge in [0.1, 0.15) is 0 Å². The van der Waals surface area contributed by atoms with Crippen molar-refractivity contribution in [3.8, 4) is 0 Å². The Hall–Kier alpha value is -0.930. The number of aromatic nitrogens is 1. The lowest BCUT2D eigenvalue weighted by molar-refractivity contribution is 0.0366. The molecule has 82 valence electrons. The molecule has 1 aromatic rings. The fourth-order valence-electron chi connectivity index (χ4n) is 2.22. The first-order chi connectivity index (χ1) is 7.25. The molecule has 1 saturated heterocycles. The van der Waals surface area contributed by atoms with Crippen LogP contribution in [0.4, 0.5) is 0 Å². The summed E-state index contributed by atoms with van der Waals surface area (Å²) in [6.45, 7) is 2.00. The van der Waals surface area contributed by atoms with Gasteiger partial charge in [0.05, 0.1) is 6.10 Å². The molecule has 1 aliphatic rings. The van der Waals surface area contributed by atoms with Crippen molar-refractivity contribution >= 4 is 0 Å². The molecule has 0 radical (unpaired) electrons. The van der Waals surface area contributed by atoms with Gasteiger partial charge in [0.25, 0.3) is 0 Å². The lowest BCUT2D eigenvalue weighted by Crippen LogP contribution is -2.41. The molecule has 1 N–H and O–H groups in total. The van der Waals surface area contributed by atoms with Crippen molar-refractivity contribution in [2.75, 3.05) is 20.1 Å². The normalized spacial score (nSPS) is 27.9. The van der Waals surface area contributed by atoms with E-state index in [0.717, 1.165) is 25.9 Å². The Bertz CT molecular complexity index is 302. The molecule has 3 nitrogen and oxygen atoms in total. The highest BCUT2D eigenvalue weighted by Crippen LogP contribution is 2.20. The maximum atomic E-state index is 9.91. The summed E-state index contributed by atoms with van der Waals surface area (Å²) in [5.41, 5.74) is 1.27. The van der Waals surface area contributed by atoms with Crippen LogP contribution in [0.3, 0.4) is 0 Å². The molecule has 3 heteroatoms. The molecular weight excluding hydrogens is 188 g/mol. The zero-order valence-electron chi connectivity index (χ0n) is 9.13. The summed E-state index contributed by atoms with van der Waals surface area (Å²) in [5.74, 6) is 0.367. The highest BCUT2D eigenvalue weighted by Gasteiger charge is 2.25. The zero-order valence-corrected chi connectivity index (χ0v) is 9.13. The number of aliphatic hydroxyl groups is 1. The fourth-order valence-corrected chi connectivity index (χ4v) is 2.22. The van der Waals surface area contributed by atoms with Gasteiger partial charge in [-0.3, -0.25) is 4.98 Å². The van der Waals surface area contributed by atoms with Crippen LogP contribution in [-0.4, -0.2) is 41.2 Å². The largest absolute Gasteiger partial charge is 0.393 e. The minimum absolute atomic E-state index is 0.144. The third kappa shape index (κ3) is 2.76. The van der Waals surface area contributed by atoms with Gasteiger partial charge in [0.15, 0.2) is 0 Å². The Balaban J connectivity index is 1.98. The minimum Gasteiger partial charge on any atom is -0.393 e. The van der Waals surface area contributed by atoms with Crippen LogP contribution in [-0.2, 0) is 6.42 Å². The number of nitrogens with zero attached hydrogens (tertiary/aromatic N) is 2. The first-order valence-corrected chi connectivity index (χ1v) is 5.51. The molecule has 15 heavy (non-hydrogen) atoms. The predicted molar refractivity (Wildman–Crippen MR) is 59.6 cm³/mol. The minimum atomic E-state index is -0.144. The van der Waals surface area contributed by atoms with E-state index in [1.807, 2.05) is 24.5 Å². The maximum absolute atomic E-state index is 9.91. The smallest absolute Gasteiger partial charge is 0.0596 e. The Morgan fingerprint density at radius 1 is 1.47 bits per heavy atom. The molecule has 1 aliphatic heterocycles. The van der Waals surface area contributed by atoms with Gasteiger partial charge in [-0.05, 0) is 37.6 Å². The van der Waals surface area contributed by atoms with Crippen molar-refractivity contribution in [2.45, 2.75) is 18.9 Å². The predicted octanol–water partition coefficient (Wildman–Crippen LogP) is 0.937. The van der Waals surface area contributed by atoms with E-state index in [1.165, 1.54) is 5.56 Å². The Morgan fingerprint density at radius 3 is 2.93 bits per heavy atom. The first-order valence-electron chi connectivity index (χ1n) is 5.51. The topological polar surface area (TPSA) is 36.4 Å². The van der Waals surface area contributed by atoms with E-state index in [0.29, 0.717) is 5.92 Å². The quantitative estimate of drug-likeness (QED) is 0.782. The van der Waals surface area contributed by atoms with E-state index in [4.69, 9.17) is 0 Å². The van der Waals surface area contributed by atoms with Gasteiger partial charge in [-0.15, -0.1) is 0 Å². The fraction of sp³-hybridized carbons (Fsp3) is 0.583. The van der Waals surface area contributed by atoms with Crippen LogP contribution in [0.1, 0.15) is 12.0 Å². The molecule has 0 bridgehead atoms. The van der Waals surface area contributed by atoms with E-state index in [9.17, 15) is 5.11 Å². The number of piperidine rings is 1. The molecule has 2 rings (SSSR count). The van der Waals surface area contributed by atoms with Crippen molar-refractivity contribution in [1.82, 2.24) is 9.88 Å². The molecular formula is C12H18N2O. The van der Waals surface area contributed by atoms with Gasteiger partial charge >= 0.3 is 0 Å². The molecule has 0 unspecified atom stereocenters. The van der Waals surface area contributed by atoms with Gasteiger partial charge in [-0.1, -0.05) is 0 Å². The second-order valence-corrected chi connectivity index (χ2v) is 4.44. The number of hydrogen-bond acceptors (Lipinski definition) is 3. The molecule has 1 aromatic heterocycles. The highest BCUT2D eigenvalue weighted by molar-refractivity contribution is 5.11. The van der Waals surface area contributed by atoms with Gasteiger partial charge in [-0.25, -0.2) is 0 Å². The summed E-state index contributed by atoms with van der Waals surface area (Å²) in [6, 6.07) is 4.06. The van der Waals surface area contributed by atoms with E-state index in [-0.39, 0.29) is 6.10 Å². The van der Waals surface area contributed by atoms with Crippen molar-refractivity contribution in [3.63, 3.8) is 0 Å². The number of pyridine rings is 1. The molecule has 0 saturated carbocycles. The molecule has 0 amide bonds. The van der Waals surface area contributed by atoms with Gasteiger partial charge in [0.2, 0.25) is 0 Å². The number of aliphatic hydroxyl groups excluding tert-OH is 1. The lowest BCUT2D eigenvalue weighted by Gasteiger charge is -2.33. The Kier molecular flexibility index (Phi) is 3.34. The van der Waals surface area contributed by atoms with Crippen LogP contribution in [0.2, 0.25) is 0 Å². The average molecular weight is 206 g/mol. The first kappa shape index (κ1) is 10.6. The Labute approximate surface area is 90.8 Å². The van der Waals surface area contributed by atoms with Crippen molar-refractivity contribution in [1.29, 1.82) is 0 Å². The van der Waals surface area contributed by atoms with E-state index < -0.39 is 0 Å². The van der Waals surface area contributed by atoms with Crippen LogP contribution >= 0.6 is 0 Å². The van der Waals surface area contributed by atoms with Gasteiger partial charge < -0.3 is 10.0 Å². The third-order valence-corrected chi connectivity index (χ3v) is 3.14. The second-order valence-electron chi connectivity index (χ2n) is 4.44.